The van der Waals surface area contributed by atoms with Crippen LogP contribution in [0.5, 0.6) is 5.75 Å². The van der Waals surface area contributed by atoms with E-state index in [2.05, 4.69) is 10.2 Å². The van der Waals surface area contributed by atoms with Crippen LogP contribution in [0, 0.1) is 34.9 Å². The van der Waals surface area contributed by atoms with Gasteiger partial charge in [-0.1, -0.05) is 0 Å². The number of benzene rings is 3. The van der Waals surface area contributed by atoms with Crippen molar-refractivity contribution in [1.29, 1.82) is 0 Å². The van der Waals surface area contributed by atoms with Crippen molar-refractivity contribution in [2.45, 2.75) is 18.9 Å². The van der Waals surface area contributed by atoms with Crippen LogP contribution in [-0.2, 0) is 14.3 Å². The Kier molecular flexibility index (Phi) is 13.0. The molecule has 3 aromatic carbocycles. The SMILES string of the molecule is COCCN(CCOC)CCOc1ccc(C(=O)NC2C/C(=C\c3cc(F)c(F)c(F)c3)C(=O)/C(=C/c3cc(F)c(F)c(F)c3)C2)cc1. The van der Waals surface area contributed by atoms with Gasteiger partial charge >= 0.3 is 0 Å². The molecule has 0 bridgehead atoms. The molecule has 0 aliphatic heterocycles. The van der Waals surface area contributed by atoms with Gasteiger partial charge in [0.05, 0.1) is 13.2 Å². The molecule has 0 spiro atoms. The molecule has 1 fully saturated rings. The van der Waals surface area contributed by atoms with Gasteiger partial charge in [-0.15, -0.1) is 0 Å². The van der Waals surface area contributed by atoms with Crippen LogP contribution >= 0.6 is 0 Å². The molecule has 0 heterocycles. The van der Waals surface area contributed by atoms with Gasteiger partial charge in [0, 0.05) is 56.6 Å². The van der Waals surface area contributed by atoms with Gasteiger partial charge in [0.1, 0.15) is 12.4 Å². The van der Waals surface area contributed by atoms with Gasteiger partial charge in [-0.2, -0.15) is 0 Å². The van der Waals surface area contributed by atoms with Crippen LogP contribution in [0.15, 0.2) is 59.7 Å². The normalized spacial score (nSPS) is 16.6. The van der Waals surface area contributed by atoms with E-state index in [9.17, 15) is 35.9 Å². The van der Waals surface area contributed by atoms with Crippen LogP contribution in [0.1, 0.15) is 34.3 Å². The molecule has 1 amide bonds. The maximum Gasteiger partial charge on any atom is 0.251 e. The molecule has 1 N–H and O–H groups in total. The minimum atomic E-state index is -1.68. The summed E-state index contributed by atoms with van der Waals surface area (Å²) in [7, 11) is 3.25. The molecule has 256 valence electrons. The van der Waals surface area contributed by atoms with E-state index >= 15 is 0 Å². The molecule has 3 aromatic rings. The Balaban J connectivity index is 1.50. The Bertz CT molecular complexity index is 1540. The van der Waals surface area contributed by atoms with Crippen LogP contribution in [0.2, 0.25) is 0 Å². The zero-order valence-corrected chi connectivity index (χ0v) is 26.3. The smallest absolute Gasteiger partial charge is 0.251 e. The molecule has 0 atom stereocenters. The number of carbonyl (C=O) groups is 2. The highest BCUT2D eigenvalue weighted by Gasteiger charge is 2.29. The molecule has 0 unspecified atom stereocenters. The van der Waals surface area contributed by atoms with E-state index in [1.165, 1.54) is 0 Å². The molecular formula is C35H34F6N2O5. The average Bonchev–Trinajstić information content (AvgIpc) is 3.05. The largest absolute Gasteiger partial charge is 0.492 e. The Labute approximate surface area is 273 Å². The molecular weight excluding hydrogens is 642 g/mol. The van der Waals surface area contributed by atoms with E-state index in [-0.39, 0.29) is 40.7 Å². The minimum absolute atomic E-state index is 0.0138. The Hall–Kier alpha value is -4.46. The summed E-state index contributed by atoms with van der Waals surface area (Å²) in [4.78, 5) is 28.7. The van der Waals surface area contributed by atoms with Gasteiger partial charge in [-0.05, 0) is 84.7 Å². The van der Waals surface area contributed by atoms with Crippen LogP contribution in [-0.4, -0.2) is 76.3 Å². The minimum Gasteiger partial charge on any atom is -0.492 e. The summed E-state index contributed by atoms with van der Waals surface area (Å²) in [5, 5.41) is 2.81. The Morgan fingerprint density at radius 2 is 1.19 bits per heavy atom. The topological polar surface area (TPSA) is 77.1 Å². The van der Waals surface area contributed by atoms with Crippen LogP contribution in [0.25, 0.3) is 12.2 Å². The summed E-state index contributed by atoms with van der Waals surface area (Å²) >= 11 is 0. The molecule has 1 aliphatic rings. The lowest BCUT2D eigenvalue weighted by Gasteiger charge is -2.27. The van der Waals surface area contributed by atoms with Gasteiger partial charge < -0.3 is 19.5 Å². The van der Waals surface area contributed by atoms with Gasteiger partial charge in [-0.25, -0.2) is 26.3 Å². The fourth-order valence-electron chi connectivity index (χ4n) is 5.11. The van der Waals surface area contributed by atoms with Gasteiger partial charge in [0.15, 0.2) is 40.7 Å². The van der Waals surface area contributed by atoms with Gasteiger partial charge in [0.2, 0.25) is 0 Å². The van der Waals surface area contributed by atoms with Crippen molar-refractivity contribution < 1.29 is 50.1 Å². The number of amides is 1. The van der Waals surface area contributed by atoms with Crippen molar-refractivity contribution in [3.63, 3.8) is 0 Å². The van der Waals surface area contributed by atoms with E-state index < -0.39 is 52.6 Å². The third-order valence-electron chi connectivity index (χ3n) is 7.56. The average molecular weight is 677 g/mol. The summed E-state index contributed by atoms with van der Waals surface area (Å²) in [6.07, 6.45) is 2.12. The van der Waals surface area contributed by atoms with Gasteiger partial charge in [0.25, 0.3) is 5.91 Å². The highest BCUT2D eigenvalue weighted by atomic mass is 19.2. The van der Waals surface area contributed by atoms with Gasteiger partial charge in [-0.3, -0.25) is 14.5 Å². The predicted molar refractivity (Wildman–Crippen MR) is 166 cm³/mol. The Morgan fingerprint density at radius 1 is 0.750 bits per heavy atom. The van der Waals surface area contributed by atoms with E-state index in [1.54, 1.807) is 38.5 Å². The monoisotopic (exact) mass is 676 g/mol. The molecule has 13 heteroatoms. The lowest BCUT2D eigenvalue weighted by atomic mass is 9.83. The maximum atomic E-state index is 13.9. The fraction of sp³-hybridized carbons (Fsp3) is 0.314. The summed E-state index contributed by atoms with van der Waals surface area (Å²) in [5.74, 6) is -9.85. The summed E-state index contributed by atoms with van der Waals surface area (Å²) < 4.78 is 98.8. The highest BCUT2D eigenvalue weighted by Crippen LogP contribution is 2.30. The number of nitrogens with zero attached hydrogens (tertiary/aromatic N) is 1. The first-order valence-electron chi connectivity index (χ1n) is 15.0. The molecule has 1 aliphatic carbocycles. The number of rotatable bonds is 14. The second-order valence-electron chi connectivity index (χ2n) is 11.0. The van der Waals surface area contributed by atoms with E-state index in [0.29, 0.717) is 69.5 Å². The standard InChI is InChI=1S/C35H34F6N2O5/c1-46-10-7-43(8-11-47-2)9-12-48-27-5-3-23(4-6-27)35(45)42-26-19-24(13-21-15-28(36)32(40)29(37)16-21)34(44)25(20-26)14-22-17-30(38)33(41)31(39)18-22/h3-6,13-18,26H,7-12,19-20H2,1-2H3,(H,42,45)/b24-13+,25-14+. The molecule has 0 aromatic heterocycles. The van der Waals surface area contributed by atoms with Crippen molar-refractivity contribution >= 4 is 23.8 Å². The lowest BCUT2D eigenvalue weighted by Crippen LogP contribution is -2.39. The predicted octanol–water partition coefficient (Wildman–Crippen LogP) is 6.12. The molecule has 4 rings (SSSR count). The second kappa shape index (κ2) is 17.1. The number of ether oxygens (including phenoxy) is 3. The Morgan fingerprint density at radius 3 is 1.62 bits per heavy atom. The van der Waals surface area contributed by atoms with E-state index in [1.807, 2.05) is 0 Å². The number of hydrogen-bond acceptors (Lipinski definition) is 6. The highest BCUT2D eigenvalue weighted by molar-refractivity contribution is 6.14. The van der Waals surface area contributed by atoms with Crippen molar-refractivity contribution in [2.75, 3.05) is 53.7 Å². The number of ketones is 1. The summed E-state index contributed by atoms with van der Waals surface area (Å²) in [6, 6.07) is 8.41. The number of carbonyl (C=O) groups excluding carboxylic acids is 2. The number of methoxy groups -OCH3 is 2. The maximum absolute atomic E-state index is 13.9. The lowest BCUT2D eigenvalue weighted by molar-refractivity contribution is -0.113. The second-order valence-corrected chi connectivity index (χ2v) is 11.0. The third-order valence-corrected chi connectivity index (χ3v) is 7.56. The molecule has 1 saturated carbocycles. The first-order chi connectivity index (χ1) is 23.0. The quantitative estimate of drug-likeness (QED) is 0.126. The first-order valence-corrected chi connectivity index (χ1v) is 15.0. The molecule has 7 nitrogen and oxygen atoms in total. The molecule has 0 saturated heterocycles. The van der Waals surface area contributed by atoms with Crippen molar-refractivity contribution in [1.82, 2.24) is 10.2 Å². The van der Waals surface area contributed by atoms with Crippen LogP contribution in [0.4, 0.5) is 26.3 Å². The van der Waals surface area contributed by atoms with Crippen molar-refractivity contribution in [3.8, 4) is 5.75 Å². The summed E-state index contributed by atoms with van der Waals surface area (Å²) in [5.41, 5.74) is -0.0744. The zero-order chi connectivity index (χ0) is 34.8. The fourth-order valence-corrected chi connectivity index (χ4v) is 5.11. The number of Topliss-reactive ketones (excluding diaryl/α,β-unsaturated/α-hetero) is 1. The molecule has 0 radical (unpaired) electrons. The molecule has 48 heavy (non-hydrogen) atoms. The first kappa shape index (κ1) is 36.4. The van der Waals surface area contributed by atoms with Crippen molar-refractivity contribution in [3.05, 3.63) is 111 Å². The van der Waals surface area contributed by atoms with Crippen molar-refractivity contribution in [2.24, 2.45) is 0 Å². The van der Waals surface area contributed by atoms with Crippen LogP contribution < -0.4 is 10.1 Å². The number of halogens is 6. The van der Waals surface area contributed by atoms with E-state index in [4.69, 9.17) is 14.2 Å². The zero-order valence-electron chi connectivity index (χ0n) is 26.3. The van der Waals surface area contributed by atoms with E-state index in [0.717, 1.165) is 12.2 Å². The number of hydrogen-bond donors (Lipinski definition) is 1. The van der Waals surface area contributed by atoms with Crippen LogP contribution in [0.3, 0.4) is 0 Å². The third kappa shape index (κ3) is 9.78. The summed E-state index contributed by atoms with van der Waals surface area (Å²) in [6.45, 7) is 3.53. The number of nitrogens with one attached hydrogen (secondary N) is 1.